The Bertz CT molecular complexity index is 1290. The standard InChI is InChI=1S/C25H27FN6O/c1-16-14-31(15-28-16)25-22(33-3)12-18(13-27-25)9-10-23-29-24-20(7-5-11-32(24)30-23)19-6-4-8-21(26)17(19)2/h4,6,8,12-15,20H,5,7,9-11H2,1-3H3/t20-/m0/s1. The van der Waals surface area contributed by atoms with Crippen LogP contribution < -0.4 is 4.74 Å². The number of hydrogen-bond donors (Lipinski definition) is 0. The lowest BCUT2D eigenvalue weighted by molar-refractivity contribution is 0.410. The van der Waals surface area contributed by atoms with Gasteiger partial charge in [-0.2, -0.15) is 5.10 Å². The second-order valence-electron chi connectivity index (χ2n) is 8.55. The van der Waals surface area contributed by atoms with Crippen LogP contribution in [-0.4, -0.2) is 36.4 Å². The van der Waals surface area contributed by atoms with E-state index in [1.54, 1.807) is 19.5 Å². The number of pyridine rings is 1. The second kappa shape index (κ2) is 8.77. The zero-order valence-corrected chi connectivity index (χ0v) is 19.1. The monoisotopic (exact) mass is 446 g/mol. The molecule has 0 unspecified atom stereocenters. The molecule has 0 fully saturated rings. The van der Waals surface area contributed by atoms with E-state index in [1.807, 2.05) is 47.6 Å². The number of ether oxygens (including phenoxy) is 1. The van der Waals surface area contributed by atoms with E-state index in [0.29, 0.717) is 23.6 Å². The van der Waals surface area contributed by atoms with E-state index in [1.165, 1.54) is 6.07 Å². The van der Waals surface area contributed by atoms with Crippen LogP contribution in [0.3, 0.4) is 0 Å². The fourth-order valence-electron chi connectivity index (χ4n) is 4.55. The van der Waals surface area contributed by atoms with Crippen molar-refractivity contribution in [1.82, 2.24) is 29.3 Å². The molecule has 3 aromatic heterocycles. The average Bonchev–Trinajstić information content (AvgIpc) is 3.45. The van der Waals surface area contributed by atoms with Crippen LogP contribution in [0.2, 0.25) is 0 Å². The molecule has 0 spiro atoms. The molecule has 8 heteroatoms. The smallest absolute Gasteiger partial charge is 0.180 e. The molecule has 4 heterocycles. The number of halogens is 1. The minimum Gasteiger partial charge on any atom is -0.493 e. The lowest BCUT2D eigenvalue weighted by Gasteiger charge is -2.23. The molecule has 0 N–H and O–H groups in total. The van der Waals surface area contributed by atoms with Gasteiger partial charge in [-0.25, -0.2) is 24.0 Å². The van der Waals surface area contributed by atoms with Crippen LogP contribution >= 0.6 is 0 Å². The molecular weight excluding hydrogens is 419 g/mol. The van der Waals surface area contributed by atoms with Gasteiger partial charge in [0.2, 0.25) is 0 Å². The van der Waals surface area contributed by atoms with Crippen LogP contribution in [0.1, 0.15) is 52.8 Å². The molecule has 1 aliphatic rings. The normalized spacial score (nSPS) is 15.5. The number of aryl methyl sites for hydroxylation is 4. The highest BCUT2D eigenvalue weighted by Gasteiger charge is 2.27. The van der Waals surface area contributed by atoms with Gasteiger partial charge in [0.15, 0.2) is 17.4 Å². The van der Waals surface area contributed by atoms with E-state index in [9.17, 15) is 4.39 Å². The lowest BCUT2D eigenvalue weighted by atomic mass is 9.88. The van der Waals surface area contributed by atoms with Gasteiger partial charge in [-0.15, -0.1) is 0 Å². The van der Waals surface area contributed by atoms with Gasteiger partial charge in [-0.05, 0) is 61.9 Å². The van der Waals surface area contributed by atoms with Crippen molar-refractivity contribution >= 4 is 0 Å². The van der Waals surface area contributed by atoms with Gasteiger partial charge in [0.05, 0.1) is 12.8 Å². The Morgan fingerprint density at radius 3 is 2.85 bits per heavy atom. The Labute approximate surface area is 192 Å². The maximum absolute atomic E-state index is 14.2. The predicted octanol–water partition coefficient (Wildman–Crippen LogP) is 4.33. The highest BCUT2D eigenvalue weighted by Crippen LogP contribution is 2.34. The van der Waals surface area contributed by atoms with Crippen LogP contribution in [0, 0.1) is 19.7 Å². The summed E-state index contributed by atoms with van der Waals surface area (Å²) in [5, 5.41) is 4.75. The Hall–Kier alpha value is -3.55. The summed E-state index contributed by atoms with van der Waals surface area (Å²) in [7, 11) is 1.65. The first kappa shape index (κ1) is 21.3. The van der Waals surface area contributed by atoms with Crippen molar-refractivity contribution in [1.29, 1.82) is 0 Å². The summed E-state index contributed by atoms with van der Waals surface area (Å²) >= 11 is 0. The largest absolute Gasteiger partial charge is 0.493 e. The maximum atomic E-state index is 14.2. The molecule has 5 rings (SSSR count). The van der Waals surface area contributed by atoms with E-state index >= 15 is 0 Å². The molecule has 1 atom stereocenters. The highest BCUT2D eigenvalue weighted by molar-refractivity contribution is 5.43. The molecule has 1 aliphatic heterocycles. The minimum absolute atomic E-state index is 0.0791. The fourth-order valence-corrected chi connectivity index (χ4v) is 4.55. The lowest BCUT2D eigenvalue weighted by Crippen LogP contribution is -2.18. The number of hydrogen-bond acceptors (Lipinski definition) is 5. The van der Waals surface area contributed by atoms with Gasteiger partial charge in [-0.3, -0.25) is 4.57 Å². The molecule has 0 amide bonds. The number of benzene rings is 1. The summed E-state index contributed by atoms with van der Waals surface area (Å²) < 4.78 is 23.6. The molecule has 7 nitrogen and oxygen atoms in total. The van der Waals surface area contributed by atoms with Crippen molar-refractivity contribution in [3.8, 4) is 11.6 Å². The van der Waals surface area contributed by atoms with Gasteiger partial charge in [0.25, 0.3) is 0 Å². The van der Waals surface area contributed by atoms with Crippen LogP contribution in [0.25, 0.3) is 5.82 Å². The summed E-state index contributed by atoms with van der Waals surface area (Å²) in [5.41, 5.74) is 3.68. The molecule has 4 aromatic rings. The Morgan fingerprint density at radius 1 is 1.18 bits per heavy atom. The van der Waals surface area contributed by atoms with E-state index in [-0.39, 0.29) is 11.7 Å². The summed E-state index contributed by atoms with van der Waals surface area (Å²) in [5.74, 6) is 3.07. The van der Waals surface area contributed by atoms with E-state index < -0.39 is 0 Å². The predicted molar refractivity (Wildman–Crippen MR) is 122 cm³/mol. The SMILES string of the molecule is COc1cc(CCc2nc3n(n2)CCC[C@H]3c2cccc(F)c2C)cnc1-n1cnc(C)c1. The first-order valence-electron chi connectivity index (χ1n) is 11.3. The molecule has 170 valence electrons. The molecule has 0 saturated heterocycles. The number of methoxy groups -OCH3 is 1. The first-order valence-corrected chi connectivity index (χ1v) is 11.3. The fraction of sp³-hybridized carbons (Fsp3) is 0.360. The van der Waals surface area contributed by atoms with Crippen LogP contribution in [-0.2, 0) is 19.4 Å². The number of nitrogens with zero attached hydrogens (tertiary/aromatic N) is 6. The van der Waals surface area contributed by atoms with Crippen molar-refractivity contribution in [2.45, 2.75) is 52.0 Å². The molecule has 0 aliphatic carbocycles. The topological polar surface area (TPSA) is 70.7 Å². The third-order valence-corrected chi connectivity index (χ3v) is 6.31. The Morgan fingerprint density at radius 2 is 2.06 bits per heavy atom. The molecule has 0 bridgehead atoms. The molecular formula is C25H27FN6O. The van der Waals surface area contributed by atoms with Gasteiger partial charge in [0.1, 0.15) is 18.0 Å². The number of imidazole rings is 1. The van der Waals surface area contributed by atoms with Crippen LogP contribution in [0.4, 0.5) is 4.39 Å². The van der Waals surface area contributed by atoms with Crippen LogP contribution in [0.15, 0.2) is 43.0 Å². The van der Waals surface area contributed by atoms with Crippen molar-refractivity contribution in [2.24, 2.45) is 0 Å². The summed E-state index contributed by atoms with van der Waals surface area (Å²) in [6.45, 7) is 4.63. The first-order chi connectivity index (χ1) is 16.0. The van der Waals surface area contributed by atoms with Crippen molar-refractivity contribution < 1.29 is 9.13 Å². The van der Waals surface area contributed by atoms with Crippen molar-refractivity contribution in [3.05, 3.63) is 82.8 Å². The zero-order chi connectivity index (χ0) is 22.9. The van der Waals surface area contributed by atoms with E-state index in [2.05, 4.69) is 9.97 Å². The Kier molecular flexibility index (Phi) is 5.66. The van der Waals surface area contributed by atoms with E-state index in [4.69, 9.17) is 14.8 Å². The van der Waals surface area contributed by atoms with Gasteiger partial charge >= 0.3 is 0 Å². The zero-order valence-electron chi connectivity index (χ0n) is 19.1. The van der Waals surface area contributed by atoms with Gasteiger partial charge < -0.3 is 4.74 Å². The molecule has 1 aromatic carbocycles. The van der Waals surface area contributed by atoms with E-state index in [0.717, 1.165) is 54.3 Å². The average molecular weight is 447 g/mol. The quantitative estimate of drug-likeness (QED) is 0.441. The van der Waals surface area contributed by atoms with Gasteiger partial charge in [-0.1, -0.05) is 12.1 Å². The van der Waals surface area contributed by atoms with Crippen LogP contribution in [0.5, 0.6) is 5.75 Å². The number of aromatic nitrogens is 6. The molecule has 33 heavy (non-hydrogen) atoms. The minimum atomic E-state index is -0.167. The number of fused-ring (bicyclic) bond motifs is 1. The second-order valence-corrected chi connectivity index (χ2v) is 8.55. The summed E-state index contributed by atoms with van der Waals surface area (Å²) in [4.78, 5) is 13.7. The third-order valence-electron chi connectivity index (χ3n) is 6.31. The number of rotatable bonds is 6. The molecule has 0 saturated carbocycles. The van der Waals surface area contributed by atoms with Crippen molar-refractivity contribution in [3.63, 3.8) is 0 Å². The third kappa shape index (κ3) is 4.13. The Balaban J connectivity index is 1.35. The summed E-state index contributed by atoms with van der Waals surface area (Å²) in [6.07, 6.45) is 8.92. The summed E-state index contributed by atoms with van der Waals surface area (Å²) in [6, 6.07) is 7.31. The van der Waals surface area contributed by atoms with Gasteiger partial charge in [0, 0.05) is 31.3 Å². The van der Waals surface area contributed by atoms with Crippen molar-refractivity contribution in [2.75, 3.05) is 7.11 Å². The maximum Gasteiger partial charge on any atom is 0.180 e. The molecule has 0 radical (unpaired) electrons. The highest BCUT2D eigenvalue weighted by atomic mass is 19.1.